The second-order valence-electron chi connectivity index (χ2n) is 17.1. The van der Waals surface area contributed by atoms with Gasteiger partial charge in [0.1, 0.15) is 0 Å². The van der Waals surface area contributed by atoms with Crippen molar-refractivity contribution in [1.82, 2.24) is 19.9 Å². The van der Waals surface area contributed by atoms with E-state index in [-0.39, 0.29) is 12.2 Å². The van der Waals surface area contributed by atoms with E-state index in [1.165, 1.54) is 138 Å². The fourth-order valence-electron chi connectivity index (χ4n) is 9.53. The molecular formula is C50H70N4O. The van der Waals surface area contributed by atoms with Gasteiger partial charge in [-0.15, -0.1) is 0 Å². The lowest BCUT2D eigenvalue weighted by Gasteiger charge is -2.40. The maximum absolute atomic E-state index is 7.65. The Morgan fingerprint density at radius 1 is 0.473 bits per heavy atom. The molecular weight excluding hydrogens is 673 g/mol. The number of rotatable bonds is 20. The first-order valence-electron chi connectivity index (χ1n) is 22.6. The lowest BCUT2D eigenvalue weighted by atomic mass is 9.75. The third kappa shape index (κ3) is 11.8. The number of ether oxygens (including phenoxy) is 1. The van der Waals surface area contributed by atoms with Crippen LogP contribution in [-0.2, 0) is 17.6 Å². The molecule has 2 atom stereocenters. The fourth-order valence-corrected chi connectivity index (χ4v) is 9.53. The fraction of sp³-hybridized carbons (Fsp3) is 0.600. The second-order valence-corrected chi connectivity index (χ2v) is 17.1. The number of hydrogen-bond donors (Lipinski definition) is 0. The van der Waals surface area contributed by atoms with Crippen molar-refractivity contribution in [3.63, 3.8) is 0 Å². The molecule has 2 aromatic heterocycles. The minimum atomic E-state index is 0.0557. The summed E-state index contributed by atoms with van der Waals surface area (Å²) in [5.41, 5.74) is 7.21. The van der Waals surface area contributed by atoms with Gasteiger partial charge in [0.05, 0.1) is 12.2 Å². The molecule has 0 spiro atoms. The monoisotopic (exact) mass is 743 g/mol. The number of unbranched alkanes of at least 4 members (excludes halogenated alkanes) is 4. The van der Waals surface area contributed by atoms with Gasteiger partial charge in [-0.1, -0.05) is 153 Å². The number of hydrogen-bond acceptors (Lipinski definition) is 5. The molecule has 2 aliphatic rings. The van der Waals surface area contributed by atoms with E-state index in [4.69, 9.17) is 24.7 Å². The van der Waals surface area contributed by atoms with Crippen LogP contribution in [0.25, 0.3) is 22.8 Å². The van der Waals surface area contributed by atoms with E-state index in [1.807, 2.05) is 24.8 Å². The maximum atomic E-state index is 7.65. The van der Waals surface area contributed by atoms with Gasteiger partial charge in [-0.25, -0.2) is 19.9 Å². The van der Waals surface area contributed by atoms with Crippen LogP contribution in [0, 0.1) is 23.7 Å². The summed E-state index contributed by atoms with van der Waals surface area (Å²) in [6.07, 6.45) is 33.1. The molecule has 5 heteroatoms. The Labute approximate surface area is 334 Å². The number of benzene rings is 2. The van der Waals surface area contributed by atoms with Crippen molar-refractivity contribution < 1.29 is 4.74 Å². The molecule has 2 fully saturated rings. The van der Waals surface area contributed by atoms with E-state index >= 15 is 0 Å². The molecule has 0 saturated heterocycles. The van der Waals surface area contributed by atoms with Crippen molar-refractivity contribution in [2.45, 2.75) is 168 Å². The summed E-state index contributed by atoms with van der Waals surface area (Å²) in [5, 5.41) is 0. The molecule has 0 radical (unpaired) electrons. The third-order valence-corrected chi connectivity index (χ3v) is 12.9. The Hall–Kier alpha value is -3.44. The molecule has 0 N–H and O–H groups in total. The average molecular weight is 743 g/mol. The molecule has 5 nitrogen and oxygen atoms in total. The van der Waals surface area contributed by atoms with Gasteiger partial charge >= 0.3 is 0 Å². The molecule has 4 aromatic rings. The van der Waals surface area contributed by atoms with Gasteiger partial charge in [-0.05, 0) is 97.3 Å². The molecule has 2 aliphatic carbocycles. The summed E-state index contributed by atoms with van der Waals surface area (Å²) in [5.74, 6) is 4.35. The van der Waals surface area contributed by atoms with Gasteiger partial charge in [0, 0.05) is 35.9 Å². The standard InChI is InChI=1S/C50H70N4O/c1-5-9-11-15-39-33-51-49(52-34-39)45-29-25-43(26-30-45)47(41-21-17-37(13-7-3)18-22-41)55-48(42-23-19-38(14-8-4)20-24-42)44-27-31-46(32-28-44)50-53-35-40(36-54-50)16-12-10-6-2/h25-38,41-42,47-48H,5-24H2,1-4H3/t37-,38-,41-,42-,47?,48?. The van der Waals surface area contributed by atoms with E-state index in [0.717, 1.165) is 47.5 Å². The van der Waals surface area contributed by atoms with Gasteiger partial charge in [-0.2, -0.15) is 0 Å². The number of aryl methyl sites for hydroxylation is 2. The average Bonchev–Trinajstić information content (AvgIpc) is 3.23. The quantitative estimate of drug-likeness (QED) is 0.0844. The van der Waals surface area contributed by atoms with Crippen molar-refractivity contribution in [3.05, 3.63) is 95.6 Å². The first-order chi connectivity index (χ1) is 27.1. The first-order valence-corrected chi connectivity index (χ1v) is 22.6. The van der Waals surface area contributed by atoms with Gasteiger partial charge in [-0.3, -0.25) is 0 Å². The second kappa shape index (κ2) is 21.8. The Morgan fingerprint density at radius 2 is 0.836 bits per heavy atom. The summed E-state index contributed by atoms with van der Waals surface area (Å²) < 4.78 is 7.65. The number of nitrogens with zero attached hydrogens (tertiary/aromatic N) is 4. The highest BCUT2D eigenvalue weighted by Crippen LogP contribution is 2.47. The van der Waals surface area contributed by atoms with Crippen molar-refractivity contribution in [2.75, 3.05) is 0 Å². The zero-order chi connectivity index (χ0) is 38.2. The van der Waals surface area contributed by atoms with E-state index in [0.29, 0.717) is 11.8 Å². The summed E-state index contributed by atoms with van der Waals surface area (Å²) in [6, 6.07) is 18.2. The molecule has 55 heavy (non-hydrogen) atoms. The molecule has 296 valence electrons. The van der Waals surface area contributed by atoms with Crippen LogP contribution in [0.2, 0.25) is 0 Å². The predicted molar refractivity (Wildman–Crippen MR) is 229 cm³/mol. The summed E-state index contributed by atoms with van der Waals surface area (Å²) >= 11 is 0. The highest BCUT2D eigenvalue weighted by molar-refractivity contribution is 5.56. The van der Waals surface area contributed by atoms with Crippen LogP contribution in [0.3, 0.4) is 0 Å². The molecule has 6 rings (SSSR count). The van der Waals surface area contributed by atoms with E-state index < -0.39 is 0 Å². The van der Waals surface area contributed by atoms with Crippen LogP contribution in [0.15, 0.2) is 73.3 Å². The lowest BCUT2D eigenvalue weighted by molar-refractivity contribution is -0.0907. The third-order valence-electron chi connectivity index (χ3n) is 12.9. The molecule has 0 bridgehead atoms. The molecule has 2 heterocycles. The lowest BCUT2D eigenvalue weighted by Crippen LogP contribution is -2.28. The van der Waals surface area contributed by atoms with Gasteiger partial charge in [0.15, 0.2) is 11.6 Å². The highest BCUT2D eigenvalue weighted by atomic mass is 16.5. The molecule has 0 aliphatic heterocycles. The van der Waals surface area contributed by atoms with Gasteiger partial charge < -0.3 is 4.74 Å². The van der Waals surface area contributed by atoms with E-state index in [2.05, 4.69) is 76.2 Å². The zero-order valence-electron chi connectivity index (χ0n) is 34.7. The van der Waals surface area contributed by atoms with Crippen LogP contribution in [-0.4, -0.2) is 19.9 Å². The van der Waals surface area contributed by atoms with Crippen LogP contribution < -0.4 is 0 Å². The minimum Gasteiger partial charge on any atom is -0.365 e. The Kier molecular flexibility index (Phi) is 16.3. The van der Waals surface area contributed by atoms with Crippen LogP contribution in [0.5, 0.6) is 0 Å². The van der Waals surface area contributed by atoms with Crippen LogP contribution >= 0.6 is 0 Å². The van der Waals surface area contributed by atoms with Crippen molar-refractivity contribution in [2.24, 2.45) is 23.7 Å². The van der Waals surface area contributed by atoms with Crippen LogP contribution in [0.1, 0.15) is 178 Å². The SMILES string of the molecule is CCCCCc1cnc(-c2ccc(C(OC(c3ccc(-c4ncc(CCCCC)cn4)cc3)[C@H]3CC[C@H](CCC)CC3)[C@H]3CC[C@H](CCC)CC3)cc2)nc1. The zero-order valence-corrected chi connectivity index (χ0v) is 34.7. The van der Waals surface area contributed by atoms with Crippen molar-refractivity contribution >= 4 is 0 Å². The minimum absolute atomic E-state index is 0.0557. The van der Waals surface area contributed by atoms with Gasteiger partial charge in [0.25, 0.3) is 0 Å². The normalized spacial score (nSPS) is 21.3. The first kappa shape index (κ1) is 41.2. The predicted octanol–water partition coefficient (Wildman–Crippen LogP) is 14.1. The van der Waals surface area contributed by atoms with E-state index in [1.54, 1.807) is 0 Å². The topological polar surface area (TPSA) is 60.8 Å². The maximum Gasteiger partial charge on any atom is 0.159 e. The number of aromatic nitrogens is 4. The molecule has 2 unspecified atom stereocenters. The smallest absolute Gasteiger partial charge is 0.159 e. The van der Waals surface area contributed by atoms with Crippen LogP contribution in [0.4, 0.5) is 0 Å². The summed E-state index contributed by atoms with van der Waals surface area (Å²) in [7, 11) is 0. The van der Waals surface area contributed by atoms with Gasteiger partial charge in [0.2, 0.25) is 0 Å². The summed E-state index contributed by atoms with van der Waals surface area (Å²) in [6.45, 7) is 9.17. The molecule has 2 saturated carbocycles. The van der Waals surface area contributed by atoms with Crippen molar-refractivity contribution in [3.8, 4) is 22.8 Å². The molecule has 0 amide bonds. The Bertz CT molecular complexity index is 1510. The Morgan fingerprint density at radius 3 is 1.16 bits per heavy atom. The largest absolute Gasteiger partial charge is 0.365 e. The highest BCUT2D eigenvalue weighted by Gasteiger charge is 2.36. The van der Waals surface area contributed by atoms with E-state index in [9.17, 15) is 0 Å². The van der Waals surface area contributed by atoms with Crippen molar-refractivity contribution in [1.29, 1.82) is 0 Å². The summed E-state index contributed by atoms with van der Waals surface area (Å²) in [4.78, 5) is 19.1. The molecule has 2 aromatic carbocycles. The Balaban J connectivity index is 1.25.